The average molecular weight is 494 g/mol. The Kier molecular flexibility index (Phi) is 6.83. The molecule has 1 aliphatic rings. The highest BCUT2D eigenvalue weighted by Crippen LogP contribution is 2.33. The second-order valence-corrected chi connectivity index (χ2v) is 8.48. The summed E-state index contributed by atoms with van der Waals surface area (Å²) in [5.74, 6) is 5.57. The molecule has 1 aromatic carbocycles. The summed E-state index contributed by atoms with van der Waals surface area (Å²) < 4.78 is 1.16. The molecular formula is C24H24ClN7O3. The van der Waals surface area contributed by atoms with Crippen molar-refractivity contribution >= 4 is 35.1 Å². The molecule has 2 aromatic heterocycles. The van der Waals surface area contributed by atoms with E-state index in [4.69, 9.17) is 23.2 Å². The molecule has 5 N–H and O–H groups in total. The molecule has 4 rings (SSSR count). The minimum atomic E-state index is -0.757. The molecule has 1 fully saturated rings. The van der Waals surface area contributed by atoms with Crippen molar-refractivity contribution < 1.29 is 14.4 Å². The molecule has 11 heteroatoms. The fourth-order valence-corrected chi connectivity index (χ4v) is 4.30. The third-order valence-electron chi connectivity index (χ3n) is 5.81. The van der Waals surface area contributed by atoms with Gasteiger partial charge in [0, 0.05) is 28.9 Å². The maximum absolute atomic E-state index is 12.6. The Labute approximate surface area is 206 Å². The number of carbonyl (C=O) groups is 3. The number of anilines is 1. The Morgan fingerprint density at radius 3 is 2.57 bits per heavy atom. The first-order chi connectivity index (χ1) is 16.8. The monoisotopic (exact) mass is 493 g/mol. The van der Waals surface area contributed by atoms with Gasteiger partial charge in [-0.05, 0) is 49.6 Å². The van der Waals surface area contributed by atoms with Gasteiger partial charge in [0.05, 0.1) is 6.04 Å². The van der Waals surface area contributed by atoms with Crippen molar-refractivity contribution in [1.29, 1.82) is 0 Å². The minimum Gasteiger partial charge on any atom is -0.364 e. The van der Waals surface area contributed by atoms with Crippen LogP contribution in [0.2, 0.25) is 5.02 Å². The standard InChI is InChI=1S/C24H24ClN7O3/c1-2-19(33)31-12-4-3-5-17(31)23-30-20(21(22(26)34)32(23)27)14-6-8-15(9-7-14)24(35)29-18-13-16(25)10-11-28-18/h2,6-11,13,17H,1,3-5,12,27H2,(H2,26,34)(H,28,29,35)/t17-/m0/s1. The molecule has 0 saturated carbocycles. The number of primary amides is 1. The molecular weight excluding hydrogens is 470 g/mol. The molecule has 35 heavy (non-hydrogen) atoms. The van der Waals surface area contributed by atoms with Crippen molar-refractivity contribution in [2.24, 2.45) is 5.73 Å². The third-order valence-corrected chi connectivity index (χ3v) is 6.05. The first kappa shape index (κ1) is 24.0. The zero-order valence-corrected chi connectivity index (χ0v) is 19.5. The van der Waals surface area contributed by atoms with Crippen molar-refractivity contribution in [2.45, 2.75) is 25.3 Å². The number of amides is 3. The summed E-state index contributed by atoms with van der Waals surface area (Å²) in [6.45, 7) is 4.11. The number of aromatic nitrogens is 3. The van der Waals surface area contributed by atoms with Gasteiger partial charge in [-0.15, -0.1) is 0 Å². The first-order valence-electron chi connectivity index (χ1n) is 10.9. The van der Waals surface area contributed by atoms with Gasteiger partial charge in [-0.25, -0.2) is 14.6 Å². The lowest BCUT2D eigenvalue weighted by atomic mass is 10.0. The fraction of sp³-hybridized carbons (Fsp3) is 0.208. The minimum absolute atomic E-state index is 0.0110. The highest BCUT2D eigenvalue weighted by molar-refractivity contribution is 6.30. The van der Waals surface area contributed by atoms with E-state index in [9.17, 15) is 14.4 Å². The van der Waals surface area contributed by atoms with Gasteiger partial charge in [-0.2, -0.15) is 0 Å². The van der Waals surface area contributed by atoms with Gasteiger partial charge < -0.3 is 21.8 Å². The van der Waals surface area contributed by atoms with Crippen molar-refractivity contribution in [3.8, 4) is 11.3 Å². The number of nitrogens with zero attached hydrogens (tertiary/aromatic N) is 4. The van der Waals surface area contributed by atoms with Crippen molar-refractivity contribution in [3.63, 3.8) is 0 Å². The summed E-state index contributed by atoms with van der Waals surface area (Å²) >= 11 is 5.93. The van der Waals surface area contributed by atoms with Crippen LogP contribution in [0.25, 0.3) is 11.3 Å². The highest BCUT2D eigenvalue weighted by Gasteiger charge is 2.33. The normalized spacial score (nSPS) is 15.5. The van der Waals surface area contributed by atoms with Gasteiger partial charge in [0.2, 0.25) is 5.91 Å². The van der Waals surface area contributed by atoms with Crippen LogP contribution in [0.5, 0.6) is 0 Å². The van der Waals surface area contributed by atoms with E-state index in [-0.39, 0.29) is 23.2 Å². The number of nitrogens with one attached hydrogen (secondary N) is 1. The van der Waals surface area contributed by atoms with Gasteiger partial charge in [-0.1, -0.05) is 30.3 Å². The van der Waals surface area contributed by atoms with Crippen LogP contribution < -0.4 is 16.9 Å². The van der Waals surface area contributed by atoms with Crippen LogP contribution in [0.4, 0.5) is 5.82 Å². The van der Waals surface area contributed by atoms with Gasteiger partial charge in [0.15, 0.2) is 11.5 Å². The number of pyridine rings is 1. The summed E-state index contributed by atoms with van der Waals surface area (Å²) in [5.41, 5.74) is 6.82. The van der Waals surface area contributed by atoms with E-state index in [0.717, 1.165) is 17.5 Å². The van der Waals surface area contributed by atoms with Crippen LogP contribution in [0.15, 0.2) is 55.3 Å². The summed E-state index contributed by atoms with van der Waals surface area (Å²) in [5, 5.41) is 3.12. The molecule has 180 valence electrons. The number of piperidine rings is 1. The van der Waals surface area contributed by atoms with Gasteiger partial charge in [0.1, 0.15) is 11.5 Å². The molecule has 10 nitrogen and oxygen atoms in total. The van der Waals surface area contributed by atoms with Crippen LogP contribution in [0.1, 0.15) is 52.0 Å². The van der Waals surface area contributed by atoms with E-state index < -0.39 is 11.9 Å². The lowest BCUT2D eigenvalue weighted by molar-refractivity contribution is -0.129. The third kappa shape index (κ3) is 4.87. The highest BCUT2D eigenvalue weighted by atomic mass is 35.5. The molecule has 3 aromatic rings. The number of hydrogen-bond donors (Lipinski definition) is 3. The number of carbonyl (C=O) groups excluding carboxylic acids is 3. The number of nitrogen functional groups attached to an aromatic ring is 1. The summed E-state index contributed by atoms with van der Waals surface area (Å²) in [7, 11) is 0. The van der Waals surface area contributed by atoms with Gasteiger partial charge in [-0.3, -0.25) is 14.4 Å². The molecule has 3 amide bonds. The van der Waals surface area contributed by atoms with Gasteiger partial charge >= 0.3 is 0 Å². The smallest absolute Gasteiger partial charge is 0.269 e. The number of benzene rings is 1. The first-order valence-corrected chi connectivity index (χ1v) is 11.3. The van der Waals surface area contributed by atoms with Crippen LogP contribution in [0.3, 0.4) is 0 Å². The Morgan fingerprint density at radius 1 is 1.17 bits per heavy atom. The van der Waals surface area contributed by atoms with Gasteiger partial charge in [0.25, 0.3) is 11.8 Å². The maximum Gasteiger partial charge on any atom is 0.269 e. The Bertz CT molecular complexity index is 1300. The maximum atomic E-state index is 12.6. The van der Waals surface area contributed by atoms with E-state index in [2.05, 4.69) is 21.9 Å². The Hall–Kier alpha value is -4.18. The fourth-order valence-electron chi connectivity index (χ4n) is 4.14. The number of rotatable bonds is 6. The molecule has 0 aliphatic carbocycles. The van der Waals surface area contributed by atoms with Crippen molar-refractivity contribution in [3.05, 3.63) is 77.4 Å². The van der Waals surface area contributed by atoms with Crippen molar-refractivity contribution in [1.82, 2.24) is 19.5 Å². The molecule has 1 aliphatic heterocycles. The number of hydrogen-bond acceptors (Lipinski definition) is 6. The molecule has 3 heterocycles. The second-order valence-electron chi connectivity index (χ2n) is 8.04. The molecule has 0 unspecified atom stereocenters. The Balaban J connectivity index is 1.65. The lowest BCUT2D eigenvalue weighted by Gasteiger charge is -2.34. The predicted molar refractivity (Wildman–Crippen MR) is 132 cm³/mol. The molecule has 1 atom stereocenters. The summed E-state index contributed by atoms with van der Waals surface area (Å²) in [6, 6.07) is 9.19. The van der Waals surface area contributed by atoms with E-state index >= 15 is 0 Å². The van der Waals surface area contributed by atoms with E-state index in [1.165, 1.54) is 18.3 Å². The summed E-state index contributed by atoms with van der Waals surface area (Å²) in [4.78, 5) is 47.6. The van der Waals surface area contributed by atoms with Crippen LogP contribution in [-0.2, 0) is 4.79 Å². The Morgan fingerprint density at radius 2 is 1.91 bits per heavy atom. The number of imidazole rings is 1. The van der Waals surface area contributed by atoms with E-state index in [1.807, 2.05) is 0 Å². The number of nitrogens with two attached hydrogens (primary N) is 2. The summed E-state index contributed by atoms with van der Waals surface area (Å²) in [6.07, 6.45) is 5.11. The molecule has 0 radical (unpaired) electrons. The molecule has 0 spiro atoms. The molecule has 1 saturated heterocycles. The molecule has 0 bridgehead atoms. The van der Waals surface area contributed by atoms with Crippen LogP contribution >= 0.6 is 11.6 Å². The predicted octanol–water partition coefficient (Wildman–Crippen LogP) is 2.90. The largest absolute Gasteiger partial charge is 0.364 e. The average Bonchev–Trinajstić information content (AvgIpc) is 3.20. The van der Waals surface area contributed by atoms with E-state index in [0.29, 0.717) is 40.8 Å². The number of likely N-dealkylation sites (tertiary alicyclic amines) is 1. The topological polar surface area (TPSA) is 149 Å². The lowest BCUT2D eigenvalue weighted by Crippen LogP contribution is -2.39. The van der Waals surface area contributed by atoms with E-state index in [1.54, 1.807) is 35.2 Å². The SMILES string of the molecule is C=CC(=O)N1CCCC[C@H]1c1nc(-c2ccc(C(=O)Nc3cc(Cl)ccn3)cc2)c(C(N)=O)n1N. The zero-order chi connectivity index (χ0) is 25.1. The van der Waals surface area contributed by atoms with Crippen molar-refractivity contribution in [2.75, 3.05) is 17.7 Å². The quantitative estimate of drug-likeness (QED) is 0.355. The van der Waals surface area contributed by atoms with Crippen LogP contribution in [0, 0.1) is 0 Å². The second kappa shape index (κ2) is 9.98. The van der Waals surface area contributed by atoms with Crippen LogP contribution in [-0.4, -0.2) is 43.8 Å². The number of halogens is 1. The zero-order valence-electron chi connectivity index (χ0n) is 18.8.